The summed E-state index contributed by atoms with van der Waals surface area (Å²) in [7, 11) is -3.16. The van der Waals surface area contributed by atoms with Crippen LogP contribution in [0.15, 0.2) is 0 Å². The minimum absolute atomic E-state index is 0.0131. The number of rotatable bonds is 5. The Labute approximate surface area is 84.6 Å². The molecular weight excluding hydrogens is 202 g/mol. The molecule has 5 nitrogen and oxygen atoms in total. The van der Waals surface area contributed by atoms with Gasteiger partial charge in [-0.2, -0.15) is 0 Å². The second kappa shape index (κ2) is 4.75. The average Bonchev–Trinajstić information content (AvgIpc) is 2.54. The summed E-state index contributed by atoms with van der Waals surface area (Å²) in [5.41, 5.74) is 5.12. The van der Waals surface area contributed by atoms with Crippen LogP contribution in [0.1, 0.15) is 32.1 Å². The van der Waals surface area contributed by atoms with Crippen LogP contribution >= 0.6 is 0 Å². The van der Waals surface area contributed by atoms with Gasteiger partial charge in [0.05, 0.1) is 11.1 Å². The highest BCUT2D eigenvalue weighted by molar-refractivity contribution is 7.90. The van der Waals surface area contributed by atoms with Crippen molar-refractivity contribution in [2.45, 2.75) is 37.4 Å². The van der Waals surface area contributed by atoms with E-state index >= 15 is 0 Å². The van der Waals surface area contributed by atoms with Crippen LogP contribution in [0, 0.1) is 5.41 Å². The van der Waals surface area contributed by atoms with Crippen molar-refractivity contribution in [1.29, 1.82) is 5.41 Å². The Morgan fingerprint density at radius 2 is 2.00 bits per heavy atom. The quantitative estimate of drug-likeness (QED) is 0.454. The number of amidine groups is 1. The summed E-state index contributed by atoms with van der Waals surface area (Å²) in [6, 6.07) is 0. The van der Waals surface area contributed by atoms with Crippen LogP contribution < -0.4 is 10.5 Å². The Kier molecular flexibility index (Phi) is 3.88. The Bertz CT molecular complexity index is 294. The van der Waals surface area contributed by atoms with Crippen LogP contribution in [0.5, 0.6) is 0 Å². The highest BCUT2D eigenvalue weighted by atomic mass is 32.2. The molecule has 0 bridgehead atoms. The zero-order chi connectivity index (χ0) is 10.6. The zero-order valence-electron chi connectivity index (χ0n) is 8.12. The van der Waals surface area contributed by atoms with Crippen LogP contribution in [0.4, 0.5) is 0 Å². The lowest BCUT2D eigenvalue weighted by atomic mass is 10.4. The maximum Gasteiger partial charge on any atom is 0.214 e. The normalized spacial score (nSPS) is 18.6. The van der Waals surface area contributed by atoms with Crippen LogP contribution in [0.25, 0.3) is 0 Å². The van der Waals surface area contributed by atoms with Crippen molar-refractivity contribution in [3.05, 3.63) is 0 Å². The van der Waals surface area contributed by atoms with Crippen molar-refractivity contribution in [1.82, 2.24) is 4.72 Å². The van der Waals surface area contributed by atoms with E-state index in [1.165, 1.54) is 0 Å². The topological polar surface area (TPSA) is 96.0 Å². The molecule has 0 radical (unpaired) electrons. The number of hydrogen-bond acceptors (Lipinski definition) is 3. The van der Waals surface area contributed by atoms with E-state index in [4.69, 9.17) is 11.1 Å². The van der Waals surface area contributed by atoms with Gasteiger partial charge in [-0.25, -0.2) is 13.1 Å². The molecule has 0 aliphatic heterocycles. The van der Waals surface area contributed by atoms with Crippen LogP contribution in [0.2, 0.25) is 0 Å². The first kappa shape index (κ1) is 11.5. The summed E-state index contributed by atoms with van der Waals surface area (Å²) in [4.78, 5) is 0. The third-order valence-corrected chi connectivity index (χ3v) is 4.39. The summed E-state index contributed by atoms with van der Waals surface area (Å²) in [5.74, 6) is 0.0131. The SMILES string of the molecule is N=C(N)CCNS(=O)(=O)C1CCCC1. The summed E-state index contributed by atoms with van der Waals surface area (Å²) < 4.78 is 25.7. The molecule has 0 spiro atoms. The van der Waals surface area contributed by atoms with Gasteiger partial charge >= 0.3 is 0 Å². The van der Waals surface area contributed by atoms with E-state index in [0.717, 1.165) is 25.7 Å². The van der Waals surface area contributed by atoms with Crippen molar-refractivity contribution in [2.24, 2.45) is 5.73 Å². The lowest BCUT2D eigenvalue weighted by Gasteiger charge is -2.11. The van der Waals surface area contributed by atoms with Gasteiger partial charge in [-0.05, 0) is 12.8 Å². The fourth-order valence-electron chi connectivity index (χ4n) is 1.64. The van der Waals surface area contributed by atoms with Crippen LogP contribution in [0.3, 0.4) is 0 Å². The van der Waals surface area contributed by atoms with E-state index in [-0.39, 0.29) is 24.1 Å². The monoisotopic (exact) mass is 219 g/mol. The maximum absolute atomic E-state index is 11.6. The van der Waals surface area contributed by atoms with Gasteiger partial charge in [0.2, 0.25) is 10.0 Å². The van der Waals surface area contributed by atoms with Gasteiger partial charge in [0, 0.05) is 13.0 Å². The fraction of sp³-hybridized carbons (Fsp3) is 0.875. The van der Waals surface area contributed by atoms with Gasteiger partial charge in [-0.15, -0.1) is 0 Å². The van der Waals surface area contributed by atoms with Gasteiger partial charge in [0.1, 0.15) is 0 Å². The van der Waals surface area contributed by atoms with Crippen molar-refractivity contribution in [3.63, 3.8) is 0 Å². The molecule has 14 heavy (non-hydrogen) atoms. The minimum atomic E-state index is -3.16. The Morgan fingerprint density at radius 3 is 2.50 bits per heavy atom. The van der Waals surface area contributed by atoms with E-state index in [0.29, 0.717) is 0 Å². The third-order valence-electron chi connectivity index (χ3n) is 2.44. The molecule has 0 aromatic carbocycles. The highest BCUT2D eigenvalue weighted by Gasteiger charge is 2.27. The summed E-state index contributed by atoms with van der Waals surface area (Å²) in [6.07, 6.45) is 3.80. The molecule has 0 atom stereocenters. The first-order valence-electron chi connectivity index (χ1n) is 4.84. The van der Waals surface area contributed by atoms with Crippen LogP contribution in [-0.4, -0.2) is 26.0 Å². The standard InChI is InChI=1S/C8H17N3O2S/c9-8(10)5-6-11-14(12,13)7-3-1-2-4-7/h7,11H,1-6H2,(H3,9,10). The van der Waals surface area contributed by atoms with Crippen molar-refractivity contribution >= 4 is 15.9 Å². The lowest BCUT2D eigenvalue weighted by Crippen LogP contribution is -2.34. The van der Waals surface area contributed by atoms with E-state index < -0.39 is 10.0 Å². The Morgan fingerprint density at radius 1 is 1.43 bits per heavy atom. The molecule has 4 N–H and O–H groups in total. The predicted molar refractivity (Wildman–Crippen MR) is 55.7 cm³/mol. The van der Waals surface area contributed by atoms with Crippen molar-refractivity contribution in [2.75, 3.05) is 6.54 Å². The maximum atomic E-state index is 11.6. The van der Waals surface area contributed by atoms with Crippen molar-refractivity contribution < 1.29 is 8.42 Å². The molecule has 0 aromatic rings. The molecular formula is C8H17N3O2S. The molecule has 82 valence electrons. The molecule has 0 amide bonds. The summed E-state index contributed by atoms with van der Waals surface area (Å²) >= 11 is 0. The number of hydrogen-bond donors (Lipinski definition) is 3. The molecule has 0 heterocycles. The minimum Gasteiger partial charge on any atom is -0.388 e. The van der Waals surface area contributed by atoms with Crippen LogP contribution in [-0.2, 0) is 10.0 Å². The summed E-state index contributed by atoms with van der Waals surface area (Å²) in [6.45, 7) is 0.244. The number of sulfonamides is 1. The third kappa shape index (κ3) is 3.26. The largest absolute Gasteiger partial charge is 0.388 e. The zero-order valence-corrected chi connectivity index (χ0v) is 8.94. The first-order chi connectivity index (χ1) is 6.52. The Balaban J connectivity index is 2.37. The summed E-state index contributed by atoms with van der Waals surface area (Å²) in [5, 5.41) is 6.73. The molecule has 6 heteroatoms. The molecule has 1 saturated carbocycles. The lowest BCUT2D eigenvalue weighted by molar-refractivity contribution is 0.565. The first-order valence-corrected chi connectivity index (χ1v) is 6.38. The van der Waals surface area contributed by atoms with Crippen molar-refractivity contribution in [3.8, 4) is 0 Å². The van der Waals surface area contributed by atoms with E-state index in [1.54, 1.807) is 0 Å². The second-order valence-electron chi connectivity index (χ2n) is 3.62. The molecule has 1 aliphatic carbocycles. The van der Waals surface area contributed by atoms with E-state index in [1.807, 2.05) is 0 Å². The van der Waals surface area contributed by atoms with Gasteiger partial charge in [-0.3, -0.25) is 5.41 Å². The van der Waals surface area contributed by atoms with Gasteiger partial charge in [0.15, 0.2) is 0 Å². The molecule has 0 saturated heterocycles. The predicted octanol–water partition coefficient (Wildman–Crippen LogP) is 0.174. The molecule has 1 aliphatic rings. The van der Waals surface area contributed by atoms with Gasteiger partial charge in [-0.1, -0.05) is 12.8 Å². The smallest absolute Gasteiger partial charge is 0.214 e. The fourth-order valence-corrected chi connectivity index (χ4v) is 3.22. The molecule has 0 aromatic heterocycles. The van der Waals surface area contributed by atoms with E-state index in [9.17, 15) is 8.42 Å². The molecule has 0 unspecified atom stereocenters. The molecule has 1 rings (SSSR count). The number of nitrogens with two attached hydrogens (primary N) is 1. The molecule has 1 fully saturated rings. The van der Waals surface area contributed by atoms with E-state index in [2.05, 4.69) is 4.72 Å². The van der Waals surface area contributed by atoms with Gasteiger partial charge < -0.3 is 5.73 Å². The Hall–Kier alpha value is -0.620. The average molecular weight is 219 g/mol. The van der Waals surface area contributed by atoms with Gasteiger partial charge in [0.25, 0.3) is 0 Å². The number of nitrogens with one attached hydrogen (secondary N) is 2. The highest BCUT2D eigenvalue weighted by Crippen LogP contribution is 2.23. The second-order valence-corrected chi connectivity index (χ2v) is 5.67.